The average Bonchev–Trinajstić information content (AvgIpc) is 2.22. The lowest BCUT2D eigenvalue weighted by Gasteiger charge is -2.09. The molecule has 0 aliphatic heterocycles. The molecule has 82 valence electrons. The van der Waals surface area contributed by atoms with Crippen molar-refractivity contribution in [2.75, 3.05) is 6.54 Å². The highest BCUT2D eigenvalue weighted by Crippen LogP contribution is 2.23. The zero-order valence-electron chi connectivity index (χ0n) is 8.06. The Bertz CT molecular complexity index is 395. The summed E-state index contributed by atoms with van der Waals surface area (Å²) in [5.41, 5.74) is 4.75. The SMILES string of the molecule is CC(CN)C(=O)c1c(F)ccc(Br)c1F. The van der Waals surface area contributed by atoms with Crippen molar-refractivity contribution in [3.8, 4) is 0 Å². The summed E-state index contributed by atoms with van der Waals surface area (Å²) in [5, 5.41) is 0. The number of Topliss-reactive ketones (excluding diaryl/α,β-unsaturated/α-hetero) is 1. The maximum absolute atomic E-state index is 13.5. The van der Waals surface area contributed by atoms with E-state index in [1.807, 2.05) is 0 Å². The molecule has 0 bridgehead atoms. The molecular formula is C10H10BrF2NO. The van der Waals surface area contributed by atoms with Crippen molar-refractivity contribution >= 4 is 21.7 Å². The van der Waals surface area contributed by atoms with Gasteiger partial charge in [-0.3, -0.25) is 4.79 Å². The van der Waals surface area contributed by atoms with Crippen LogP contribution < -0.4 is 5.73 Å². The lowest BCUT2D eigenvalue weighted by atomic mass is 9.99. The number of nitrogens with two attached hydrogens (primary N) is 1. The highest BCUT2D eigenvalue weighted by atomic mass is 79.9. The van der Waals surface area contributed by atoms with E-state index in [4.69, 9.17) is 5.73 Å². The van der Waals surface area contributed by atoms with Crippen LogP contribution in [0.2, 0.25) is 0 Å². The second kappa shape index (κ2) is 4.81. The van der Waals surface area contributed by atoms with E-state index >= 15 is 0 Å². The minimum Gasteiger partial charge on any atom is -0.330 e. The van der Waals surface area contributed by atoms with Crippen molar-refractivity contribution in [2.45, 2.75) is 6.92 Å². The number of ketones is 1. The Balaban J connectivity index is 3.24. The fraction of sp³-hybridized carbons (Fsp3) is 0.300. The molecule has 0 saturated carbocycles. The highest BCUT2D eigenvalue weighted by molar-refractivity contribution is 9.10. The summed E-state index contributed by atoms with van der Waals surface area (Å²) in [6.07, 6.45) is 0. The lowest BCUT2D eigenvalue weighted by molar-refractivity contribution is 0.0925. The van der Waals surface area contributed by atoms with Gasteiger partial charge < -0.3 is 5.73 Å². The van der Waals surface area contributed by atoms with E-state index in [-0.39, 0.29) is 11.0 Å². The van der Waals surface area contributed by atoms with Crippen LogP contribution in [0.1, 0.15) is 17.3 Å². The van der Waals surface area contributed by atoms with Gasteiger partial charge in [-0.15, -0.1) is 0 Å². The first-order chi connectivity index (χ1) is 6.99. The first-order valence-electron chi connectivity index (χ1n) is 4.36. The molecule has 0 aromatic heterocycles. The molecule has 15 heavy (non-hydrogen) atoms. The van der Waals surface area contributed by atoms with Crippen LogP contribution in [0.15, 0.2) is 16.6 Å². The number of hydrogen-bond donors (Lipinski definition) is 1. The summed E-state index contributed by atoms with van der Waals surface area (Å²) < 4.78 is 26.8. The Morgan fingerprint density at radius 2 is 2.13 bits per heavy atom. The highest BCUT2D eigenvalue weighted by Gasteiger charge is 2.23. The van der Waals surface area contributed by atoms with Crippen molar-refractivity contribution in [3.63, 3.8) is 0 Å². The summed E-state index contributed by atoms with van der Waals surface area (Å²) in [7, 11) is 0. The van der Waals surface area contributed by atoms with Crippen molar-refractivity contribution < 1.29 is 13.6 Å². The topological polar surface area (TPSA) is 43.1 Å². The van der Waals surface area contributed by atoms with Gasteiger partial charge in [-0.05, 0) is 28.1 Å². The van der Waals surface area contributed by atoms with E-state index in [0.717, 1.165) is 6.07 Å². The van der Waals surface area contributed by atoms with E-state index in [0.29, 0.717) is 0 Å². The van der Waals surface area contributed by atoms with Crippen LogP contribution in [-0.2, 0) is 0 Å². The van der Waals surface area contributed by atoms with E-state index < -0.39 is 28.9 Å². The molecule has 1 aromatic carbocycles. The number of carbonyl (C=O) groups excluding carboxylic acids is 1. The minimum atomic E-state index is -0.875. The third-order valence-corrected chi connectivity index (χ3v) is 2.70. The third-order valence-electron chi connectivity index (χ3n) is 2.09. The molecule has 1 unspecified atom stereocenters. The van der Waals surface area contributed by atoms with Crippen molar-refractivity contribution in [2.24, 2.45) is 11.7 Å². The molecule has 0 aliphatic carbocycles. The summed E-state index contributed by atoms with van der Waals surface area (Å²) in [4.78, 5) is 11.6. The van der Waals surface area contributed by atoms with Gasteiger partial charge in [0, 0.05) is 12.5 Å². The van der Waals surface area contributed by atoms with Crippen LogP contribution in [0.3, 0.4) is 0 Å². The number of halogens is 3. The standard InChI is InChI=1S/C10H10BrF2NO/c1-5(4-14)10(15)8-7(12)3-2-6(11)9(8)13/h2-3,5H,4,14H2,1H3. The lowest BCUT2D eigenvalue weighted by Crippen LogP contribution is -2.22. The molecule has 0 spiro atoms. The molecule has 2 nitrogen and oxygen atoms in total. The zero-order chi connectivity index (χ0) is 11.6. The van der Waals surface area contributed by atoms with E-state index in [9.17, 15) is 13.6 Å². The molecule has 1 rings (SSSR count). The van der Waals surface area contributed by atoms with Crippen LogP contribution in [0.25, 0.3) is 0 Å². The number of benzene rings is 1. The van der Waals surface area contributed by atoms with E-state index in [1.165, 1.54) is 13.0 Å². The first-order valence-corrected chi connectivity index (χ1v) is 5.16. The fourth-order valence-corrected chi connectivity index (χ4v) is 1.44. The van der Waals surface area contributed by atoms with Gasteiger partial charge in [-0.2, -0.15) is 0 Å². The van der Waals surface area contributed by atoms with Gasteiger partial charge in [0.2, 0.25) is 0 Å². The molecule has 0 amide bonds. The Morgan fingerprint density at radius 1 is 1.53 bits per heavy atom. The summed E-state index contributed by atoms with van der Waals surface area (Å²) in [6, 6.07) is 2.26. The molecule has 5 heteroatoms. The van der Waals surface area contributed by atoms with E-state index in [2.05, 4.69) is 15.9 Å². The Kier molecular flexibility index (Phi) is 3.93. The molecule has 0 aliphatic rings. The summed E-state index contributed by atoms with van der Waals surface area (Å²) in [5.74, 6) is -2.95. The molecule has 1 atom stereocenters. The molecule has 0 heterocycles. The summed E-state index contributed by atoms with van der Waals surface area (Å²) in [6.45, 7) is 1.59. The third kappa shape index (κ3) is 2.41. The van der Waals surface area contributed by atoms with Crippen LogP contribution in [-0.4, -0.2) is 12.3 Å². The van der Waals surface area contributed by atoms with Crippen LogP contribution in [0.5, 0.6) is 0 Å². The van der Waals surface area contributed by atoms with Crippen LogP contribution in [0.4, 0.5) is 8.78 Å². The van der Waals surface area contributed by atoms with Gasteiger partial charge in [-0.1, -0.05) is 6.92 Å². The van der Waals surface area contributed by atoms with Crippen LogP contribution in [0, 0.1) is 17.6 Å². The zero-order valence-corrected chi connectivity index (χ0v) is 9.64. The first kappa shape index (κ1) is 12.3. The van der Waals surface area contributed by atoms with E-state index in [1.54, 1.807) is 0 Å². The normalized spacial score (nSPS) is 12.6. The van der Waals surface area contributed by atoms with Gasteiger partial charge in [0.25, 0.3) is 0 Å². The maximum Gasteiger partial charge on any atom is 0.172 e. The predicted octanol–water partition coefficient (Wildman–Crippen LogP) is 2.50. The van der Waals surface area contributed by atoms with Gasteiger partial charge in [0.15, 0.2) is 11.6 Å². The summed E-state index contributed by atoms with van der Waals surface area (Å²) >= 11 is 2.89. The van der Waals surface area contributed by atoms with Gasteiger partial charge in [0.05, 0.1) is 10.0 Å². The molecule has 0 radical (unpaired) electrons. The van der Waals surface area contributed by atoms with Crippen molar-refractivity contribution in [1.82, 2.24) is 0 Å². The second-order valence-corrected chi connectivity index (χ2v) is 4.07. The van der Waals surface area contributed by atoms with Gasteiger partial charge in [0.1, 0.15) is 5.82 Å². The van der Waals surface area contributed by atoms with Crippen molar-refractivity contribution in [1.29, 1.82) is 0 Å². The van der Waals surface area contributed by atoms with Gasteiger partial charge >= 0.3 is 0 Å². The number of hydrogen-bond acceptors (Lipinski definition) is 2. The predicted molar refractivity (Wildman–Crippen MR) is 56.6 cm³/mol. The Hall–Kier alpha value is -0.810. The molecular weight excluding hydrogens is 268 g/mol. The number of carbonyl (C=O) groups is 1. The largest absolute Gasteiger partial charge is 0.330 e. The second-order valence-electron chi connectivity index (χ2n) is 3.22. The minimum absolute atomic E-state index is 0.0597. The number of rotatable bonds is 3. The fourth-order valence-electron chi connectivity index (χ4n) is 1.11. The van der Waals surface area contributed by atoms with Gasteiger partial charge in [-0.25, -0.2) is 8.78 Å². The maximum atomic E-state index is 13.5. The molecule has 1 aromatic rings. The molecule has 0 fully saturated rings. The van der Waals surface area contributed by atoms with Crippen molar-refractivity contribution in [3.05, 3.63) is 33.8 Å². The average molecular weight is 278 g/mol. The smallest absolute Gasteiger partial charge is 0.172 e. The molecule has 2 N–H and O–H groups in total. The Morgan fingerprint density at radius 3 is 2.67 bits per heavy atom. The molecule has 0 saturated heterocycles. The van der Waals surface area contributed by atoms with Crippen LogP contribution >= 0.6 is 15.9 Å². The quantitative estimate of drug-likeness (QED) is 0.682. The Labute approximate surface area is 94.6 Å². The monoisotopic (exact) mass is 277 g/mol.